The Bertz CT molecular complexity index is 319. The minimum absolute atomic E-state index is 0.0414. The summed E-state index contributed by atoms with van der Waals surface area (Å²) in [4.78, 5) is 11.4. The van der Waals surface area contributed by atoms with Gasteiger partial charge in [0.1, 0.15) is 0 Å². The number of anilines is 1. The van der Waals surface area contributed by atoms with Crippen LogP contribution in [0.2, 0.25) is 0 Å². The van der Waals surface area contributed by atoms with Crippen molar-refractivity contribution in [3.8, 4) is 0 Å². The van der Waals surface area contributed by atoms with Crippen molar-refractivity contribution in [1.29, 1.82) is 0 Å². The van der Waals surface area contributed by atoms with E-state index in [1.807, 2.05) is 13.8 Å². The van der Waals surface area contributed by atoms with E-state index in [0.29, 0.717) is 6.54 Å². The summed E-state index contributed by atoms with van der Waals surface area (Å²) in [7, 11) is 0. The van der Waals surface area contributed by atoms with E-state index in [2.05, 4.69) is 10.4 Å². The molecule has 0 saturated carbocycles. The molecule has 4 heteroatoms. The molecule has 0 bridgehead atoms. The van der Waals surface area contributed by atoms with E-state index in [9.17, 15) is 4.79 Å². The topological polar surface area (TPSA) is 46.9 Å². The van der Waals surface area contributed by atoms with Gasteiger partial charge in [-0.2, -0.15) is 5.10 Å². The summed E-state index contributed by atoms with van der Waals surface area (Å²) in [6.07, 6.45) is 2.61. The number of rotatable bonds is 4. The fourth-order valence-electron chi connectivity index (χ4n) is 1.11. The summed E-state index contributed by atoms with van der Waals surface area (Å²) in [5.41, 5.74) is 0.750. The highest BCUT2D eigenvalue weighted by atomic mass is 16.1. The molecule has 0 aliphatic heterocycles. The van der Waals surface area contributed by atoms with Crippen molar-refractivity contribution < 1.29 is 0 Å². The van der Waals surface area contributed by atoms with Crippen molar-refractivity contribution in [2.75, 3.05) is 11.9 Å². The summed E-state index contributed by atoms with van der Waals surface area (Å²) in [5.74, 6) is 0. The number of nitrogens with one attached hydrogen (secondary N) is 1. The van der Waals surface area contributed by atoms with Crippen LogP contribution in [0.1, 0.15) is 20.3 Å². The quantitative estimate of drug-likeness (QED) is 0.756. The average Bonchev–Trinajstić information content (AvgIpc) is 2.10. The summed E-state index contributed by atoms with van der Waals surface area (Å²) in [6.45, 7) is 5.49. The molecule has 1 aromatic heterocycles. The first-order valence-corrected chi connectivity index (χ1v) is 4.59. The van der Waals surface area contributed by atoms with Crippen LogP contribution in [0, 0.1) is 0 Å². The molecule has 1 heterocycles. The first kappa shape index (κ1) is 9.77. The van der Waals surface area contributed by atoms with Gasteiger partial charge in [0.2, 0.25) is 0 Å². The Balaban J connectivity index is 2.85. The number of hydrogen-bond acceptors (Lipinski definition) is 3. The third-order valence-corrected chi connectivity index (χ3v) is 1.69. The second-order valence-corrected chi connectivity index (χ2v) is 2.84. The number of aromatic nitrogens is 2. The molecule has 0 atom stereocenters. The molecule has 0 aliphatic carbocycles. The van der Waals surface area contributed by atoms with Crippen LogP contribution < -0.4 is 10.9 Å². The average molecular weight is 181 g/mol. The van der Waals surface area contributed by atoms with Crippen LogP contribution >= 0.6 is 0 Å². The smallest absolute Gasteiger partial charge is 0.268 e. The van der Waals surface area contributed by atoms with E-state index in [0.717, 1.165) is 18.7 Å². The van der Waals surface area contributed by atoms with Crippen LogP contribution in [0.3, 0.4) is 0 Å². The number of hydrogen-bond donors (Lipinski definition) is 1. The van der Waals surface area contributed by atoms with Gasteiger partial charge in [-0.25, -0.2) is 4.68 Å². The molecule has 0 saturated heterocycles. The van der Waals surface area contributed by atoms with Crippen molar-refractivity contribution in [3.05, 3.63) is 22.6 Å². The molecule has 72 valence electrons. The molecule has 0 aromatic carbocycles. The van der Waals surface area contributed by atoms with Crippen molar-refractivity contribution in [3.63, 3.8) is 0 Å². The highest BCUT2D eigenvalue weighted by Gasteiger charge is 1.97. The summed E-state index contributed by atoms with van der Waals surface area (Å²) in [6, 6.07) is 1.58. The molecule has 1 rings (SSSR count). The zero-order valence-electron chi connectivity index (χ0n) is 8.08. The van der Waals surface area contributed by atoms with E-state index in [-0.39, 0.29) is 5.56 Å². The van der Waals surface area contributed by atoms with Crippen LogP contribution in [0.4, 0.5) is 5.69 Å². The molecule has 0 amide bonds. The maximum atomic E-state index is 11.4. The Kier molecular flexibility index (Phi) is 3.49. The Morgan fingerprint density at radius 2 is 2.31 bits per heavy atom. The monoisotopic (exact) mass is 181 g/mol. The van der Waals surface area contributed by atoms with Crippen molar-refractivity contribution >= 4 is 5.69 Å². The zero-order valence-corrected chi connectivity index (χ0v) is 8.08. The van der Waals surface area contributed by atoms with Gasteiger partial charge in [0, 0.05) is 19.2 Å². The van der Waals surface area contributed by atoms with Crippen LogP contribution in [0.5, 0.6) is 0 Å². The van der Waals surface area contributed by atoms with E-state index in [1.165, 1.54) is 4.68 Å². The molecule has 0 spiro atoms. The standard InChI is InChI=1S/C9H15N3O/c1-3-5-12-9(13)6-8(7-11-12)10-4-2/h6-7,10H,3-5H2,1-2H3. The molecule has 1 aromatic rings. The molecule has 0 fully saturated rings. The minimum Gasteiger partial charge on any atom is -0.384 e. The van der Waals surface area contributed by atoms with E-state index < -0.39 is 0 Å². The van der Waals surface area contributed by atoms with E-state index in [1.54, 1.807) is 12.3 Å². The molecular formula is C9H15N3O. The third kappa shape index (κ3) is 2.57. The lowest BCUT2D eigenvalue weighted by Crippen LogP contribution is -2.22. The van der Waals surface area contributed by atoms with Crippen LogP contribution in [-0.4, -0.2) is 16.3 Å². The van der Waals surface area contributed by atoms with Crippen molar-refractivity contribution in [2.24, 2.45) is 0 Å². The lowest BCUT2D eigenvalue weighted by Gasteiger charge is -2.04. The Morgan fingerprint density at radius 1 is 1.54 bits per heavy atom. The fourth-order valence-corrected chi connectivity index (χ4v) is 1.11. The van der Waals surface area contributed by atoms with Gasteiger partial charge in [-0.15, -0.1) is 0 Å². The molecule has 13 heavy (non-hydrogen) atoms. The molecule has 0 aliphatic rings. The lowest BCUT2D eigenvalue weighted by molar-refractivity contribution is 0.568. The van der Waals surface area contributed by atoms with Crippen molar-refractivity contribution in [2.45, 2.75) is 26.8 Å². The Hall–Kier alpha value is -1.32. The minimum atomic E-state index is -0.0414. The zero-order chi connectivity index (χ0) is 9.68. The summed E-state index contributed by atoms with van der Waals surface area (Å²) in [5, 5.41) is 7.07. The predicted molar refractivity (Wildman–Crippen MR) is 53.0 cm³/mol. The van der Waals surface area contributed by atoms with Crippen LogP contribution in [0.15, 0.2) is 17.1 Å². The molecule has 0 radical (unpaired) electrons. The largest absolute Gasteiger partial charge is 0.384 e. The van der Waals surface area contributed by atoms with Gasteiger partial charge >= 0.3 is 0 Å². The van der Waals surface area contributed by atoms with Gasteiger partial charge in [-0.3, -0.25) is 4.79 Å². The van der Waals surface area contributed by atoms with Gasteiger partial charge in [0.25, 0.3) is 5.56 Å². The maximum absolute atomic E-state index is 11.4. The summed E-state index contributed by atoms with van der Waals surface area (Å²) < 4.78 is 1.47. The Labute approximate surface area is 77.6 Å². The van der Waals surface area contributed by atoms with Crippen LogP contribution in [-0.2, 0) is 6.54 Å². The molecule has 4 nitrogen and oxygen atoms in total. The first-order chi connectivity index (χ1) is 6.27. The second-order valence-electron chi connectivity index (χ2n) is 2.84. The predicted octanol–water partition coefficient (Wildman–Crippen LogP) is 1.09. The van der Waals surface area contributed by atoms with Gasteiger partial charge in [0.05, 0.1) is 11.9 Å². The fraction of sp³-hybridized carbons (Fsp3) is 0.556. The van der Waals surface area contributed by atoms with Gasteiger partial charge < -0.3 is 5.32 Å². The van der Waals surface area contributed by atoms with E-state index in [4.69, 9.17) is 0 Å². The number of nitrogens with zero attached hydrogens (tertiary/aromatic N) is 2. The molecule has 1 N–H and O–H groups in total. The normalized spacial score (nSPS) is 10.0. The van der Waals surface area contributed by atoms with Crippen molar-refractivity contribution in [1.82, 2.24) is 9.78 Å². The van der Waals surface area contributed by atoms with Gasteiger partial charge in [-0.1, -0.05) is 6.92 Å². The maximum Gasteiger partial charge on any atom is 0.268 e. The number of aryl methyl sites for hydroxylation is 1. The lowest BCUT2D eigenvalue weighted by atomic mass is 10.4. The highest BCUT2D eigenvalue weighted by Crippen LogP contribution is 1.98. The Morgan fingerprint density at radius 3 is 2.85 bits per heavy atom. The third-order valence-electron chi connectivity index (χ3n) is 1.69. The second kappa shape index (κ2) is 4.64. The van der Waals surface area contributed by atoms with Gasteiger partial charge in [-0.05, 0) is 13.3 Å². The first-order valence-electron chi connectivity index (χ1n) is 4.59. The van der Waals surface area contributed by atoms with Gasteiger partial charge in [0.15, 0.2) is 0 Å². The summed E-state index contributed by atoms with van der Waals surface area (Å²) >= 11 is 0. The highest BCUT2D eigenvalue weighted by molar-refractivity contribution is 5.38. The van der Waals surface area contributed by atoms with E-state index >= 15 is 0 Å². The SMILES string of the molecule is CCCn1ncc(NCC)cc1=O. The van der Waals surface area contributed by atoms with Crippen LogP contribution in [0.25, 0.3) is 0 Å². The molecular weight excluding hydrogens is 166 g/mol. The molecule has 0 unspecified atom stereocenters.